The summed E-state index contributed by atoms with van der Waals surface area (Å²) in [7, 11) is 0. The van der Waals surface area contributed by atoms with Crippen molar-refractivity contribution < 1.29 is 9.84 Å². The molecule has 1 aromatic carbocycles. The molecule has 2 nitrogen and oxygen atoms in total. The molecule has 0 amide bonds. The summed E-state index contributed by atoms with van der Waals surface area (Å²) < 4.78 is 5.28. The zero-order valence-corrected chi connectivity index (χ0v) is 10.3. The van der Waals surface area contributed by atoms with E-state index in [2.05, 4.69) is 0 Å². The number of aliphatic hydroxyl groups is 1. The Morgan fingerprint density at radius 2 is 2.19 bits per heavy atom. The molecule has 0 saturated carbocycles. The number of benzene rings is 1. The van der Waals surface area contributed by atoms with Crippen LogP contribution in [0, 0.1) is 5.92 Å². The minimum Gasteiger partial charge on any atom is -0.388 e. The van der Waals surface area contributed by atoms with E-state index < -0.39 is 6.10 Å². The predicted octanol–water partition coefficient (Wildman–Crippen LogP) is 3.45. The van der Waals surface area contributed by atoms with Gasteiger partial charge in [-0.05, 0) is 36.5 Å². The van der Waals surface area contributed by atoms with Gasteiger partial charge in [0.2, 0.25) is 0 Å². The Hall–Kier alpha value is -0.280. The minimum absolute atomic E-state index is 0.449. The third-order valence-corrected chi connectivity index (χ3v) is 3.65. The fourth-order valence-corrected chi connectivity index (χ4v) is 2.25. The molecule has 0 bridgehead atoms. The summed E-state index contributed by atoms with van der Waals surface area (Å²) in [6, 6.07) is 5.26. The van der Waals surface area contributed by atoms with Crippen molar-refractivity contribution in [3.63, 3.8) is 0 Å². The van der Waals surface area contributed by atoms with E-state index in [9.17, 15) is 5.11 Å². The van der Waals surface area contributed by atoms with E-state index in [-0.39, 0.29) is 0 Å². The Bertz CT molecular complexity index is 362. The molecular weight excluding hydrogens is 247 g/mol. The summed E-state index contributed by atoms with van der Waals surface area (Å²) in [5.74, 6) is 0.449. The van der Waals surface area contributed by atoms with Crippen molar-refractivity contribution in [2.24, 2.45) is 5.92 Å². The first-order chi connectivity index (χ1) is 7.66. The molecule has 1 N–H and O–H groups in total. The third-order valence-electron chi connectivity index (χ3n) is 2.91. The molecule has 1 heterocycles. The Morgan fingerprint density at radius 3 is 2.81 bits per heavy atom. The lowest BCUT2D eigenvalue weighted by atomic mass is 9.96. The average Bonchev–Trinajstić information content (AvgIpc) is 2.74. The highest BCUT2D eigenvalue weighted by atomic mass is 35.5. The maximum absolute atomic E-state index is 10.0. The van der Waals surface area contributed by atoms with Gasteiger partial charge in [-0.1, -0.05) is 29.3 Å². The van der Waals surface area contributed by atoms with Crippen LogP contribution in [0.25, 0.3) is 0 Å². The van der Waals surface area contributed by atoms with E-state index in [1.54, 1.807) is 12.1 Å². The van der Waals surface area contributed by atoms with Crippen molar-refractivity contribution in [3.8, 4) is 0 Å². The van der Waals surface area contributed by atoms with Crippen LogP contribution in [0.5, 0.6) is 0 Å². The standard InChI is InChI=1S/C12H14Cl2O2/c13-10-2-1-9(6-11(10)14)12(15)5-8-3-4-16-7-8/h1-2,6,8,12,15H,3-5,7H2. The molecule has 2 atom stereocenters. The van der Waals surface area contributed by atoms with Crippen LogP contribution < -0.4 is 0 Å². The molecule has 2 rings (SSSR count). The molecule has 1 fully saturated rings. The summed E-state index contributed by atoms with van der Waals surface area (Å²) in [5, 5.41) is 11.0. The first-order valence-corrected chi connectivity index (χ1v) is 6.13. The van der Waals surface area contributed by atoms with E-state index in [1.165, 1.54) is 0 Å². The fraction of sp³-hybridized carbons (Fsp3) is 0.500. The van der Waals surface area contributed by atoms with Gasteiger partial charge >= 0.3 is 0 Å². The number of ether oxygens (including phenoxy) is 1. The van der Waals surface area contributed by atoms with Gasteiger partial charge in [0.1, 0.15) is 0 Å². The lowest BCUT2D eigenvalue weighted by Gasteiger charge is -2.15. The largest absolute Gasteiger partial charge is 0.388 e. The van der Waals surface area contributed by atoms with Crippen LogP contribution in [0.3, 0.4) is 0 Å². The molecule has 0 aliphatic carbocycles. The first kappa shape index (κ1) is 12.2. The molecule has 2 unspecified atom stereocenters. The summed E-state index contributed by atoms with van der Waals surface area (Å²) in [6.45, 7) is 1.55. The van der Waals surface area contributed by atoms with Crippen molar-refractivity contribution in [2.75, 3.05) is 13.2 Å². The Labute approximate surface area is 105 Å². The highest BCUT2D eigenvalue weighted by molar-refractivity contribution is 6.42. The van der Waals surface area contributed by atoms with Crippen LogP contribution in [0.2, 0.25) is 10.0 Å². The summed E-state index contributed by atoms with van der Waals surface area (Å²) in [6.07, 6.45) is 1.26. The van der Waals surface area contributed by atoms with Gasteiger partial charge in [0.05, 0.1) is 16.1 Å². The third kappa shape index (κ3) is 2.89. The molecule has 0 radical (unpaired) electrons. The first-order valence-electron chi connectivity index (χ1n) is 5.37. The maximum Gasteiger partial charge on any atom is 0.0794 e. The van der Waals surface area contributed by atoms with Crippen LogP contribution in [0.1, 0.15) is 24.5 Å². The van der Waals surface area contributed by atoms with Crippen molar-refractivity contribution in [3.05, 3.63) is 33.8 Å². The second kappa shape index (κ2) is 5.37. The van der Waals surface area contributed by atoms with E-state index >= 15 is 0 Å². The van der Waals surface area contributed by atoms with E-state index in [1.807, 2.05) is 6.07 Å². The minimum atomic E-state index is -0.485. The average molecular weight is 261 g/mol. The zero-order chi connectivity index (χ0) is 11.5. The molecule has 1 aliphatic rings. The van der Waals surface area contributed by atoms with E-state index in [0.29, 0.717) is 16.0 Å². The van der Waals surface area contributed by atoms with Gasteiger partial charge in [-0.3, -0.25) is 0 Å². The maximum atomic E-state index is 10.0. The summed E-state index contributed by atoms with van der Waals surface area (Å²) in [5.41, 5.74) is 0.821. The normalized spacial score (nSPS) is 22.3. The second-order valence-corrected chi connectivity index (χ2v) is 4.97. The second-order valence-electron chi connectivity index (χ2n) is 4.15. The van der Waals surface area contributed by atoms with Crippen LogP contribution >= 0.6 is 23.2 Å². The van der Waals surface area contributed by atoms with Crippen LogP contribution in [0.15, 0.2) is 18.2 Å². The fourth-order valence-electron chi connectivity index (χ4n) is 1.94. The molecule has 0 spiro atoms. The van der Waals surface area contributed by atoms with Gasteiger partial charge in [-0.2, -0.15) is 0 Å². The highest BCUT2D eigenvalue weighted by Gasteiger charge is 2.20. The quantitative estimate of drug-likeness (QED) is 0.902. The zero-order valence-electron chi connectivity index (χ0n) is 8.83. The van der Waals surface area contributed by atoms with E-state index in [4.69, 9.17) is 27.9 Å². The van der Waals surface area contributed by atoms with Gasteiger partial charge in [0.15, 0.2) is 0 Å². The van der Waals surface area contributed by atoms with Crippen molar-refractivity contribution >= 4 is 23.2 Å². The molecule has 4 heteroatoms. The van der Waals surface area contributed by atoms with E-state index in [0.717, 1.165) is 31.6 Å². The number of rotatable bonds is 3. The summed E-state index contributed by atoms with van der Waals surface area (Å²) >= 11 is 11.7. The van der Waals surface area contributed by atoms with Gasteiger partial charge in [-0.25, -0.2) is 0 Å². The molecular formula is C12H14Cl2O2. The lowest BCUT2D eigenvalue weighted by molar-refractivity contribution is 0.129. The lowest BCUT2D eigenvalue weighted by Crippen LogP contribution is -2.07. The number of hydrogen-bond acceptors (Lipinski definition) is 2. The smallest absolute Gasteiger partial charge is 0.0794 e. The highest BCUT2D eigenvalue weighted by Crippen LogP contribution is 2.30. The van der Waals surface area contributed by atoms with Crippen molar-refractivity contribution in [1.82, 2.24) is 0 Å². The number of halogens is 2. The molecule has 0 aromatic heterocycles. The number of hydrogen-bond donors (Lipinski definition) is 1. The Morgan fingerprint density at radius 1 is 1.38 bits per heavy atom. The van der Waals surface area contributed by atoms with Crippen LogP contribution in [0.4, 0.5) is 0 Å². The summed E-state index contributed by atoms with van der Waals surface area (Å²) in [4.78, 5) is 0. The number of aliphatic hydroxyl groups excluding tert-OH is 1. The van der Waals surface area contributed by atoms with Crippen LogP contribution in [-0.2, 0) is 4.74 Å². The van der Waals surface area contributed by atoms with Gasteiger partial charge < -0.3 is 9.84 Å². The van der Waals surface area contributed by atoms with Gasteiger partial charge in [0, 0.05) is 13.2 Å². The SMILES string of the molecule is OC(CC1CCOC1)c1ccc(Cl)c(Cl)c1. The van der Waals surface area contributed by atoms with Gasteiger partial charge in [-0.15, -0.1) is 0 Å². The molecule has 16 heavy (non-hydrogen) atoms. The van der Waals surface area contributed by atoms with Crippen molar-refractivity contribution in [1.29, 1.82) is 0 Å². The predicted molar refractivity (Wildman–Crippen MR) is 65.0 cm³/mol. The van der Waals surface area contributed by atoms with Crippen LogP contribution in [-0.4, -0.2) is 18.3 Å². The Balaban J connectivity index is 2.02. The molecule has 1 aromatic rings. The molecule has 1 saturated heterocycles. The molecule has 88 valence electrons. The molecule has 1 aliphatic heterocycles. The topological polar surface area (TPSA) is 29.5 Å². The van der Waals surface area contributed by atoms with Crippen molar-refractivity contribution in [2.45, 2.75) is 18.9 Å². The van der Waals surface area contributed by atoms with Gasteiger partial charge in [0.25, 0.3) is 0 Å². The Kier molecular flexibility index (Phi) is 4.09. The monoisotopic (exact) mass is 260 g/mol.